The topological polar surface area (TPSA) is 35.5 Å². The van der Waals surface area contributed by atoms with Gasteiger partial charge in [-0.3, -0.25) is 0 Å². The second-order valence-electron chi connectivity index (χ2n) is 4.48. The molecule has 0 radical (unpaired) electrons. The molecule has 0 aliphatic rings. The van der Waals surface area contributed by atoms with Crippen LogP contribution in [0.4, 0.5) is 4.79 Å². The number of carbonyl (C=O) groups is 1. The first-order valence-electron chi connectivity index (χ1n) is 4.95. The van der Waals surface area contributed by atoms with E-state index in [0.717, 1.165) is 5.56 Å². The molecule has 1 aromatic carbocycles. The fourth-order valence-corrected chi connectivity index (χ4v) is 1.17. The molecule has 3 nitrogen and oxygen atoms in total. The van der Waals surface area contributed by atoms with E-state index in [2.05, 4.69) is 0 Å². The third kappa shape index (κ3) is 4.11. The Hall–Kier alpha value is -1.22. The van der Waals surface area contributed by atoms with Crippen LogP contribution < -0.4 is 4.74 Å². The normalized spacial score (nSPS) is 11.1. The molecule has 4 heteroatoms. The molecule has 1 rings (SSSR count). The summed E-state index contributed by atoms with van der Waals surface area (Å²) in [5.74, 6) is 0.427. The Labute approximate surface area is 100 Å². The van der Waals surface area contributed by atoms with Gasteiger partial charge in [0.2, 0.25) is 0 Å². The molecule has 0 unspecified atom stereocenters. The van der Waals surface area contributed by atoms with E-state index in [-0.39, 0.29) is 0 Å². The molecule has 0 aliphatic carbocycles. The molecule has 0 aliphatic heterocycles. The zero-order valence-electron chi connectivity index (χ0n) is 9.83. The van der Waals surface area contributed by atoms with Crippen molar-refractivity contribution in [3.05, 3.63) is 28.8 Å². The molecule has 0 N–H and O–H groups in total. The molecule has 0 heterocycles. The molecule has 0 amide bonds. The summed E-state index contributed by atoms with van der Waals surface area (Å²) in [6, 6.07) is 4.99. The predicted octanol–water partition coefficient (Wildman–Crippen LogP) is 3.96. The van der Waals surface area contributed by atoms with Gasteiger partial charge in [0.25, 0.3) is 0 Å². The molecule has 0 spiro atoms. The molecule has 0 atom stereocenters. The smallest absolute Gasteiger partial charge is 0.428 e. The van der Waals surface area contributed by atoms with Crippen molar-refractivity contribution in [3.8, 4) is 5.75 Å². The highest BCUT2D eigenvalue weighted by Gasteiger charge is 2.18. The van der Waals surface area contributed by atoms with Gasteiger partial charge in [-0.25, -0.2) is 4.79 Å². The van der Waals surface area contributed by atoms with Crippen molar-refractivity contribution in [1.29, 1.82) is 0 Å². The molecule has 0 bridgehead atoms. The molecule has 1 aromatic rings. The molecule has 0 fully saturated rings. The number of hydrogen-bond donors (Lipinski definition) is 0. The fourth-order valence-electron chi connectivity index (χ4n) is 1.05. The largest absolute Gasteiger partial charge is 0.514 e. The van der Waals surface area contributed by atoms with Gasteiger partial charge in [0.05, 0.1) is 0 Å². The summed E-state index contributed by atoms with van der Waals surface area (Å²) in [5.41, 5.74) is 0.293. The van der Waals surface area contributed by atoms with Gasteiger partial charge in [0, 0.05) is 5.02 Å². The minimum Gasteiger partial charge on any atom is -0.428 e. The van der Waals surface area contributed by atoms with Gasteiger partial charge in [0.1, 0.15) is 11.4 Å². The maximum absolute atomic E-state index is 11.3. The molecular weight excluding hydrogens is 228 g/mol. The van der Waals surface area contributed by atoms with Gasteiger partial charge in [-0.15, -0.1) is 0 Å². The van der Waals surface area contributed by atoms with Crippen LogP contribution in [0.3, 0.4) is 0 Å². The van der Waals surface area contributed by atoms with Gasteiger partial charge in [-0.1, -0.05) is 11.6 Å². The van der Waals surface area contributed by atoms with Crippen LogP contribution >= 0.6 is 11.6 Å². The molecule has 16 heavy (non-hydrogen) atoms. The first-order valence-corrected chi connectivity index (χ1v) is 5.33. The van der Waals surface area contributed by atoms with E-state index in [0.29, 0.717) is 10.8 Å². The van der Waals surface area contributed by atoms with E-state index in [4.69, 9.17) is 21.1 Å². The van der Waals surface area contributed by atoms with Crippen LogP contribution in [0.1, 0.15) is 26.3 Å². The third-order valence-corrected chi connectivity index (χ3v) is 2.14. The zero-order valence-corrected chi connectivity index (χ0v) is 10.6. The monoisotopic (exact) mass is 242 g/mol. The highest BCUT2D eigenvalue weighted by atomic mass is 35.5. The summed E-state index contributed by atoms with van der Waals surface area (Å²) < 4.78 is 10.0. The number of rotatable bonds is 1. The highest BCUT2D eigenvalue weighted by Crippen LogP contribution is 2.21. The number of ether oxygens (including phenoxy) is 2. The predicted molar refractivity (Wildman–Crippen MR) is 63.1 cm³/mol. The summed E-state index contributed by atoms with van der Waals surface area (Å²) in [5, 5.41) is 0.636. The Bertz CT molecular complexity index is 394. The average molecular weight is 243 g/mol. The van der Waals surface area contributed by atoms with Crippen molar-refractivity contribution >= 4 is 17.8 Å². The Morgan fingerprint density at radius 2 is 1.94 bits per heavy atom. The SMILES string of the molecule is Cc1cc(OC(=O)OC(C)(C)C)ccc1Cl. The highest BCUT2D eigenvalue weighted by molar-refractivity contribution is 6.31. The van der Waals surface area contributed by atoms with Gasteiger partial charge in [0.15, 0.2) is 0 Å². The lowest BCUT2D eigenvalue weighted by atomic mass is 10.2. The van der Waals surface area contributed by atoms with Gasteiger partial charge < -0.3 is 9.47 Å². The number of hydrogen-bond acceptors (Lipinski definition) is 3. The first-order chi connectivity index (χ1) is 7.28. The van der Waals surface area contributed by atoms with Crippen LogP contribution in [0.5, 0.6) is 5.75 Å². The number of aryl methyl sites for hydroxylation is 1. The second-order valence-corrected chi connectivity index (χ2v) is 4.88. The van der Waals surface area contributed by atoms with E-state index in [1.54, 1.807) is 39.0 Å². The fraction of sp³-hybridized carbons (Fsp3) is 0.417. The van der Waals surface area contributed by atoms with E-state index >= 15 is 0 Å². The van der Waals surface area contributed by atoms with Crippen molar-refractivity contribution in [2.45, 2.75) is 33.3 Å². The van der Waals surface area contributed by atoms with Crippen LogP contribution in [0, 0.1) is 6.92 Å². The number of benzene rings is 1. The Morgan fingerprint density at radius 1 is 1.31 bits per heavy atom. The molecule has 0 aromatic heterocycles. The second kappa shape index (κ2) is 4.74. The van der Waals surface area contributed by atoms with Gasteiger partial charge in [-0.2, -0.15) is 0 Å². The van der Waals surface area contributed by atoms with E-state index < -0.39 is 11.8 Å². The maximum atomic E-state index is 11.3. The van der Waals surface area contributed by atoms with Crippen LogP contribution in [0.2, 0.25) is 5.02 Å². The Balaban J connectivity index is 2.67. The van der Waals surface area contributed by atoms with E-state index in [1.807, 2.05) is 6.92 Å². The lowest BCUT2D eigenvalue weighted by molar-refractivity contribution is 0.0206. The number of carbonyl (C=O) groups excluding carboxylic acids is 1. The summed E-state index contributed by atoms with van der Waals surface area (Å²) in [6.45, 7) is 7.17. The van der Waals surface area contributed by atoms with Crippen LogP contribution in [-0.2, 0) is 4.74 Å². The third-order valence-electron chi connectivity index (χ3n) is 1.72. The van der Waals surface area contributed by atoms with E-state index in [1.165, 1.54) is 0 Å². The minimum atomic E-state index is -0.714. The molecule has 0 saturated heterocycles. The minimum absolute atomic E-state index is 0.427. The van der Waals surface area contributed by atoms with Crippen LogP contribution in [0.25, 0.3) is 0 Å². The molecule has 0 saturated carbocycles. The van der Waals surface area contributed by atoms with Gasteiger partial charge >= 0.3 is 6.16 Å². The number of halogens is 1. The summed E-state index contributed by atoms with van der Waals surface area (Å²) in [6.07, 6.45) is -0.714. The van der Waals surface area contributed by atoms with Crippen LogP contribution in [0.15, 0.2) is 18.2 Å². The quantitative estimate of drug-likeness (QED) is 0.552. The lowest BCUT2D eigenvalue weighted by Crippen LogP contribution is -2.25. The van der Waals surface area contributed by atoms with Crippen molar-refractivity contribution in [2.24, 2.45) is 0 Å². The first kappa shape index (κ1) is 12.8. The Kier molecular flexibility index (Phi) is 3.81. The van der Waals surface area contributed by atoms with Crippen molar-refractivity contribution in [3.63, 3.8) is 0 Å². The van der Waals surface area contributed by atoms with Crippen molar-refractivity contribution < 1.29 is 14.3 Å². The lowest BCUT2D eigenvalue weighted by Gasteiger charge is -2.18. The summed E-state index contributed by atoms with van der Waals surface area (Å²) >= 11 is 5.85. The van der Waals surface area contributed by atoms with Crippen LogP contribution in [-0.4, -0.2) is 11.8 Å². The Morgan fingerprint density at radius 3 is 2.44 bits per heavy atom. The summed E-state index contributed by atoms with van der Waals surface area (Å²) in [4.78, 5) is 11.3. The van der Waals surface area contributed by atoms with Crippen molar-refractivity contribution in [2.75, 3.05) is 0 Å². The zero-order chi connectivity index (χ0) is 12.3. The molecular formula is C12H15ClO3. The average Bonchev–Trinajstić information content (AvgIpc) is 2.08. The van der Waals surface area contributed by atoms with E-state index in [9.17, 15) is 4.79 Å². The van der Waals surface area contributed by atoms with Crippen molar-refractivity contribution in [1.82, 2.24) is 0 Å². The van der Waals surface area contributed by atoms with Gasteiger partial charge in [-0.05, 0) is 51.5 Å². The maximum Gasteiger partial charge on any atom is 0.514 e. The summed E-state index contributed by atoms with van der Waals surface area (Å²) in [7, 11) is 0. The molecule has 88 valence electrons. The standard InChI is InChI=1S/C12H15ClO3/c1-8-7-9(5-6-10(8)13)15-11(14)16-12(2,3)4/h5-7H,1-4H3.